The van der Waals surface area contributed by atoms with E-state index in [2.05, 4.69) is 10.2 Å². The molecule has 1 amide bonds. The van der Waals surface area contributed by atoms with Gasteiger partial charge >= 0.3 is 0 Å². The first-order valence-corrected chi connectivity index (χ1v) is 8.28. The highest BCUT2D eigenvalue weighted by molar-refractivity contribution is 6.00. The van der Waals surface area contributed by atoms with Crippen LogP contribution in [0, 0.1) is 0 Å². The van der Waals surface area contributed by atoms with E-state index in [9.17, 15) is 4.79 Å². The van der Waals surface area contributed by atoms with E-state index in [1.54, 1.807) is 26.2 Å². The summed E-state index contributed by atoms with van der Waals surface area (Å²) >= 11 is 0. The topological polar surface area (TPSA) is 67.5 Å². The minimum absolute atomic E-state index is 0.0856. The predicted octanol–water partition coefficient (Wildman–Crippen LogP) is 3.27. The average molecular weight is 349 g/mol. The van der Waals surface area contributed by atoms with Crippen LogP contribution in [0.5, 0.6) is 11.5 Å². The Balaban J connectivity index is 1.91. The van der Waals surface area contributed by atoms with Gasteiger partial charge in [-0.05, 0) is 12.1 Å². The number of fused-ring (bicyclic) bond motifs is 1. The lowest BCUT2D eigenvalue weighted by Gasteiger charge is -2.24. The summed E-state index contributed by atoms with van der Waals surface area (Å²) in [5, 5.41) is 7.34. The summed E-state index contributed by atoms with van der Waals surface area (Å²) in [5.41, 5.74) is 4.02. The smallest absolute Gasteiger partial charge is 0.272 e. The molecule has 1 N–H and O–H groups in total. The van der Waals surface area contributed by atoms with Gasteiger partial charge in [0.1, 0.15) is 17.2 Å². The number of hydrogen-bond donors (Lipinski definition) is 1. The van der Waals surface area contributed by atoms with Gasteiger partial charge in [-0.1, -0.05) is 30.3 Å². The molecule has 1 aliphatic rings. The van der Waals surface area contributed by atoms with E-state index in [-0.39, 0.29) is 11.9 Å². The van der Waals surface area contributed by atoms with Crippen molar-refractivity contribution in [2.45, 2.75) is 6.04 Å². The van der Waals surface area contributed by atoms with Crippen LogP contribution in [0.25, 0.3) is 11.3 Å². The third-order valence-corrected chi connectivity index (χ3v) is 4.78. The lowest BCUT2D eigenvalue weighted by atomic mass is 9.95. The van der Waals surface area contributed by atoms with Crippen molar-refractivity contribution >= 4 is 5.91 Å². The Morgan fingerprint density at radius 2 is 1.85 bits per heavy atom. The van der Waals surface area contributed by atoms with Crippen molar-refractivity contribution < 1.29 is 14.3 Å². The van der Waals surface area contributed by atoms with E-state index in [1.165, 1.54) is 0 Å². The first-order valence-electron chi connectivity index (χ1n) is 8.28. The van der Waals surface area contributed by atoms with Crippen molar-refractivity contribution in [3.63, 3.8) is 0 Å². The largest absolute Gasteiger partial charge is 0.497 e. The second kappa shape index (κ2) is 6.22. The molecule has 0 spiro atoms. The number of hydrogen-bond acceptors (Lipinski definition) is 4. The SMILES string of the molecule is COc1ccc([C@H]2c3c(-c4ccccc4)n[nH]c3C(=O)N2C)c(OC)c1. The summed E-state index contributed by atoms with van der Waals surface area (Å²) in [4.78, 5) is 14.4. The van der Waals surface area contributed by atoms with Gasteiger partial charge in [-0.15, -0.1) is 0 Å². The third-order valence-electron chi connectivity index (χ3n) is 4.78. The maximum Gasteiger partial charge on any atom is 0.272 e. The predicted molar refractivity (Wildman–Crippen MR) is 97.5 cm³/mol. The van der Waals surface area contributed by atoms with Gasteiger partial charge in [0.05, 0.1) is 26.0 Å². The highest BCUT2D eigenvalue weighted by Crippen LogP contribution is 2.45. The molecule has 3 aromatic rings. The molecule has 132 valence electrons. The minimum atomic E-state index is -0.285. The number of H-pyrrole nitrogens is 1. The van der Waals surface area contributed by atoms with Gasteiger partial charge in [-0.3, -0.25) is 9.89 Å². The van der Waals surface area contributed by atoms with Gasteiger partial charge in [0.15, 0.2) is 0 Å². The zero-order chi connectivity index (χ0) is 18.3. The third kappa shape index (κ3) is 2.34. The number of amides is 1. The van der Waals surface area contributed by atoms with Crippen LogP contribution in [0.15, 0.2) is 48.5 Å². The second-order valence-electron chi connectivity index (χ2n) is 6.15. The van der Waals surface area contributed by atoms with Crippen LogP contribution in [0.2, 0.25) is 0 Å². The fourth-order valence-corrected chi connectivity index (χ4v) is 3.49. The van der Waals surface area contributed by atoms with Crippen LogP contribution in [-0.4, -0.2) is 42.3 Å². The van der Waals surface area contributed by atoms with Crippen LogP contribution < -0.4 is 9.47 Å². The van der Waals surface area contributed by atoms with Crippen LogP contribution >= 0.6 is 0 Å². The lowest BCUT2D eigenvalue weighted by molar-refractivity contribution is 0.0787. The fraction of sp³-hybridized carbons (Fsp3) is 0.200. The van der Waals surface area contributed by atoms with Gasteiger partial charge in [-0.2, -0.15) is 5.10 Å². The Morgan fingerprint density at radius 3 is 2.54 bits per heavy atom. The van der Waals surface area contributed by atoms with E-state index < -0.39 is 0 Å². The molecule has 1 aliphatic heterocycles. The average Bonchev–Trinajstić information content (AvgIpc) is 3.22. The van der Waals surface area contributed by atoms with Crippen molar-refractivity contribution in [2.24, 2.45) is 0 Å². The van der Waals surface area contributed by atoms with Gasteiger partial charge < -0.3 is 14.4 Å². The van der Waals surface area contributed by atoms with Gasteiger partial charge in [-0.25, -0.2) is 0 Å². The molecule has 0 aliphatic carbocycles. The summed E-state index contributed by atoms with van der Waals surface area (Å²) in [6.45, 7) is 0. The summed E-state index contributed by atoms with van der Waals surface area (Å²) in [7, 11) is 5.02. The molecule has 0 saturated heterocycles. The number of rotatable bonds is 4. The number of benzene rings is 2. The summed E-state index contributed by atoms with van der Waals surface area (Å²) < 4.78 is 10.9. The standard InChI is InChI=1S/C20H19N3O3/c1-23-19(14-10-9-13(25-2)11-15(14)26-3)16-17(12-7-5-4-6-8-12)21-22-18(16)20(23)24/h4-11,19H,1-3H3,(H,21,22)/t19-/m0/s1. The Labute approximate surface area is 151 Å². The Morgan fingerprint density at radius 1 is 1.08 bits per heavy atom. The van der Waals surface area contributed by atoms with Crippen molar-refractivity contribution in [3.05, 3.63) is 65.4 Å². The molecule has 2 heterocycles. The number of nitrogens with zero attached hydrogens (tertiary/aromatic N) is 2. The van der Waals surface area contributed by atoms with Crippen molar-refractivity contribution in [1.82, 2.24) is 15.1 Å². The highest BCUT2D eigenvalue weighted by Gasteiger charge is 2.41. The number of carbonyl (C=O) groups excluding carboxylic acids is 1. The number of aromatic nitrogens is 2. The molecule has 6 nitrogen and oxygen atoms in total. The van der Waals surface area contributed by atoms with Crippen LogP contribution in [0.4, 0.5) is 0 Å². The molecule has 0 bridgehead atoms. The zero-order valence-corrected chi connectivity index (χ0v) is 14.8. The second-order valence-corrected chi connectivity index (χ2v) is 6.15. The maximum absolute atomic E-state index is 12.7. The van der Waals surface area contributed by atoms with Crippen LogP contribution in [0.3, 0.4) is 0 Å². The molecule has 0 fully saturated rings. The van der Waals surface area contributed by atoms with Gasteiger partial charge in [0.2, 0.25) is 0 Å². The molecule has 6 heteroatoms. The number of methoxy groups -OCH3 is 2. The first-order chi connectivity index (χ1) is 12.7. The van der Waals surface area contributed by atoms with E-state index in [4.69, 9.17) is 9.47 Å². The number of nitrogens with one attached hydrogen (secondary N) is 1. The van der Waals surface area contributed by atoms with E-state index in [0.717, 1.165) is 22.4 Å². The van der Waals surface area contributed by atoms with E-state index in [1.807, 2.05) is 48.5 Å². The summed E-state index contributed by atoms with van der Waals surface area (Å²) in [6.07, 6.45) is 0. The molecule has 26 heavy (non-hydrogen) atoms. The molecule has 1 aromatic heterocycles. The monoisotopic (exact) mass is 349 g/mol. The van der Waals surface area contributed by atoms with E-state index >= 15 is 0 Å². The molecule has 0 unspecified atom stereocenters. The molecule has 0 radical (unpaired) electrons. The van der Waals surface area contributed by atoms with Gasteiger partial charge in [0, 0.05) is 29.8 Å². The lowest BCUT2D eigenvalue weighted by Crippen LogP contribution is -2.25. The molecular weight excluding hydrogens is 330 g/mol. The van der Waals surface area contributed by atoms with E-state index in [0.29, 0.717) is 17.2 Å². The first kappa shape index (κ1) is 16.2. The highest BCUT2D eigenvalue weighted by atomic mass is 16.5. The normalized spacial score (nSPS) is 15.9. The van der Waals surface area contributed by atoms with Crippen LogP contribution in [0.1, 0.15) is 27.7 Å². The van der Waals surface area contributed by atoms with Gasteiger partial charge in [0.25, 0.3) is 5.91 Å². The summed E-state index contributed by atoms with van der Waals surface area (Å²) in [6, 6.07) is 15.2. The number of carbonyl (C=O) groups is 1. The van der Waals surface area contributed by atoms with Crippen molar-refractivity contribution in [1.29, 1.82) is 0 Å². The molecule has 4 rings (SSSR count). The Hall–Kier alpha value is -3.28. The molecule has 1 atom stereocenters. The Bertz CT molecular complexity index is 966. The quantitative estimate of drug-likeness (QED) is 0.785. The summed E-state index contributed by atoms with van der Waals surface area (Å²) in [5.74, 6) is 1.29. The molecular formula is C20H19N3O3. The van der Waals surface area contributed by atoms with Crippen molar-refractivity contribution in [2.75, 3.05) is 21.3 Å². The molecule has 2 aromatic carbocycles. The maximum atomic E-state index is 12.7. The zero-order valence-electron chi connectivity index (χ0n) is 14.8. The molecule has 0 saturated carbocycles. The van der Waals surface area contributed by atoms with Crippen molar-refractivity contribution in [3.8, 4) is 22.8 Å². The van der Waals surface area contributed by atoms with Crippen LogP contribution in [-0.2, 0) is 0 Å². The fourth-order valence-electron chi connectivity index (χ4n) is 3.49. The minimum Gasteiger partial charge on any atom is -0.497 e. The number of ether oxygens (including phenoxy) is 2. The number of aromatic amines is 1. The Kier molecular flexibility index (Phi) is 3.88.